The van der Waals surface area contributed by atoms with Gasteiger partial charge in [0.2, 0.25) is 0 Å². The van der Waals surface area contributed by atoms with E-state index >= 15 is 0 Å². The number of nitrogens with one attached hydrogen (secondary N) is 1. The van der Waals surface area contributed by atoms with Crippen molar-refractivity contribution in [3.63, 3.8) is 0 Å². The highest BCUT2D eigenvalue weighted by Gasteiger charge is 2.38. The topological polar surface area (TPSA) is 66.4 Å². The quantitative estimate of drug-likeness (QED) is 0.423. The monoisotopic (exact) mass is 269 g/mol. The highest BCUT2D eigenvalue weighted by atomic mass is 19.1. The van der Waals surface area contributed by atoms with E-state index in [2.05, 4.69) is 12.2 Å². The van der Waals surface area contributed by atoms with Crippen molar-refractivity contribution in [3.05, 3.63) is 23.5 Å². The van der Waals surface area contributed by atoms with Crippen LogP contribution in [0.2, 0.25) is 0 Å². The van der Waals surface area contributed by atoms with Crippen LogP contribution in [0.25, 0.3) is 0 Å². The van der Waals surface area contributed by atoms with Crippen molar-refractivity contribution in [3.8, 4) is 0 Å². The van der Waals surface area contributed by atoms with E-state index in [0.29, 0.717) is 0 Å². The van der Waals surface area contributed by atoms with Crippen LogP contribution < -0.4 is 5.32 Å². The Morgan fingerprint density at radius 1 is 1.53 bits per heavy atom. The lowest BCUT2D eigenvalue weighted by molar-refractivity contribution is -0.121. The maximum Gasteiger partial charge on any atom is 0.259 e. The van der Waals surface area contributed by atoms with Gasteiger partial charge in [0.1, 0.15) is 23.5 Å². The van der Waals surface area contributed by atoms with Crippen molar-refractivity contribution in [2.75, 3.05) is 0 Å². The predicted octanol–water partition coefficient (Wildman–Crippen LogP) is 2.36. The van der Waals surface area contributed by atoms with Crippen molar-refractivity contribution in [1.29, 1.82) is 0 Å². The number of aliphatic hydroxyl groups excluding tert-OH is 1. The third-order valence-corrected chi connectivity index (χ3v) is 3.03. The Bertz CT molecular complexity index is 415. The Hall–Kier alpha value is -1.65. The Kier molecular flexibility index (Phi) is 5.73. The van der Waals surface area contributed by atoms with Gasteiger partial charge >= 0.3 is 0 Å². The zero-order valence-corrected chi connectivity index (χ0v) is 11.3. The van der Waals surface area contributed by atoms with Gasteiger partial charge in [-0.1, -0.05) is 31.9 Å². The van der Waals surface area contributed by atoms with E-state index in [0.717, 1.165) is 25.7 Å². The molecule has 0 aromatic heterocycles. The van der Waals surface area contributed by atoms with Gasteiger partial charge in [0, 0.05) is 0 Å². The first kappa shape index (κ1) is 15.4. The smallest absolute Gasteiger partial charge is 0.259 e. The Morgan fingerprint density at radius 3 is 2.74 bits per heavy atom. The number of alkyl halides is 1. The molecule has 2 atom stereocenters. The van der Waals surface area contributed by atoms with Crippen molar-refractivity contribution < 1.29 is 19.1 Å². The van der Waals surface area contributed by atoms with Gasteiger partial charge in [-0.2, -0.15) is 0 Å². The Morgan fingerprint density at radius 2 is 2.21 bits per heavy atom. The van der Waals surface area contributed by atoms with Crippen LogP contribution in [0.15, 0.2) is 23.5 Å². The van der Waals surface area contributed by atoms with Crippen LogP contribution in [0.4, 0.5) is 4.39 Å². The maximum atomic E-state index is 13.9. The SMILES string of the molecule is CCCCC/C=C/C(F)C1NC(=O)C(C(C)=O)=C1O. The third-order valence-electron chi connectivity index (χ3n) is 3.03. The number of allylic oxidation sites excluding steroid dienone is 1. The molecule has 5 heteroatoms. The van der Waals surface area contributed by atoms with E-state index in [1.807, 2.05) is 0 Å². The molecular formula is C14H20FNO3. The second kappa shape index (κ2) is 7.07. The largest absolute Gasteiger partial charge is 0.509 e. The fourth-order valence-electron chi connectivity index (χ4n) is 1.97. The minimum absolute atomic E-state index is 0.341. The lowest BCUT2D eigenvalue weighted by Gasteiger charge is -2.12. The zero-order chi connectivity index (χ0) is 14.4. The third kappa shape index (κ3) is 3.91. The van der Waals surface area contributed by atoms with Gasteiger partial charge in [-0.25, -0.2) is 4.39 Å². The molecule has 0 spiro atoms. The van der Waals surface area contributed by atoms with E-state index in [4.69, 9.17) is 0 Å². The van der Waals surface area contributed by atoms with Gasteiger partial charge in [0.25, 0.3) is 5.91 Å². The van der Waals surface area contributed by atoms with Crippen LogP contribution in [0.5, 0.6) is 0 Å². The number of carbonyl (C=O) groups is 2. The van der Waals surface area contributed by atoms with Crippen LogP contribution in [0, 0.1) is 0 Å². The number of ketones is 1. The lowest BCUT2D eigenvalue weighted by atomic mass is 10.1. The molecule has 2 unspecified atom stereocenters. The second-order valence-electron chi connectivity index (χ2n) is 4.64. The lowest BCUT2D eigenvalue weighted by Crippen LogP contribution is -2.36. The predicted molar refractivity (Wildman–Crippen MR) is 70.4 cm³/mol. The summed E-state index contributed by atoms with van der Waals surface area (Å²) in [7, 11) is 0. The minimum atomic E-state index is -1.53. The number of hydrogen-bond acceptors (Lipinski definition) is 3. The fourth-order valence-corrected chi connectivity index (χ4v) is 1.97. The summed E-state index contributed by atoms with van der Waals surface area (Å²) in [4.78, 5) is 22.6. The summed E-state index contributed by atoms with van der Waals surface area (Å²) >= 11 is 0. The van der Waals surface area contributed by atoms with Gasteiger partial charge < -0.3 is 10.4 Å². The van der Waals surface area contributed by atoms with Crippen LogP contribution >= 0.6 is 0 Å². The molecule has 1 rings (SSSR count). The summed E-state index contributed by atoms with van der Waals surface area (Å²) in [6, 6.07) is -1.14. The second-order valence-corrected chi connectivity index (χ2v) is 4.64. The standard InChI is InChI=1S/C14H20FNO3/c1-3-4-5-6-7-8-10(15)12-13(18)11(9(2)17)14(19)16-12/h7-8,10,12,18H,3-6H2,1-2H3,(H,16,19)/b8-7+. The summed E-state index contributed by atoms with van der Waals surface area (Å²) in [6.07, 6.45) is 5.42. The number of hydrogen-bond donors (Lipinski definition) is 2. The number of unbranched alkanes of at least 4 members (excludes halogenated alkanes) is 3. The molecule has 0 bridgehead atoms. The molecular weight excluding hydrogens is 249 g/mol. The molecule has 4 nitrogen and oxygen atoms in total. The zero-order valence-electron chi connectivity index (χ0n) is 11.3. The van der Waals surface area contributed by atoms with Crippen LogP contribution in [0.1, 0.15) is 39.5 Å². The Labute approximate surface area is 112 Å². The summed E-state index contributed by atoms with van der Waals surface area (Å²) in [5.74, 6) is -1.77. The highest BCUT2D eigenvalue weighted by molar-refractivity contribution is 6.20. The van der Waals surface area contributed by atoms with Gasteiger partial charge in [0.05, 0.1) is 0 Å². The van der Waals surface area contributed by atoms with E-state index in [9.17, 15) is 19.1 Å². The molecule has 106 valence electrons. The van der Waals surface area contributed by atoms with Gasteiger partial charge in [-0.05, 0) is 19.8 Å². The van der Waals surface area contributed by atoms with E-state index in [-0.39, 0.29) is 5.57 Å². The Balaban J connectivity index is 2.61. The summed E-state index contributed by atoms with van der Waals surface area (Å²) in [5.41, 5.74) is -0.341. The summed E-state index contributed by atoms with van der Waals surface area (Å²) in [5, 5.41) is 12.0. The van der Waals surface area contributed by atoms with Gasteiger partial charge in [0.15, 0.2) is 5.78 Å². The van der Waals surface area contributed by atoms with Gasteiger partial charge in [-0.3, -0.25) is 9.59 Å². The van der Waals surface area contributed by atoms with E-state index in [1.54, 1.807) is 6.08 Å². The molecule has 1 amide bonds. The molecule has 1 aliphatic rings. The van der Waals surface area contributed by atoms with Crippen molar-refractivity contribution in [2.45, 2.75) is 51.7 Å². The molecule has 0 fully saturated rings. The number of rotatable bonds is 7. The van der Waals surface area contributed by atoms with Crippen LogP contribution in [-0.4, -0.2) is 29.0 Å². The average Bonchev–Trinajstić information content (AvgIpc) is 2.64. The van der Waals surface area contributed by atoms with Crippen LogP contribution in [-0.2, 0) is 9.59 Å². The molecule has 0 aromatic carbocycles. The molecule has 0 radical (unpaired) electrons. The first-order valence-corrected chi connectivity index (χ1v) is 6.54. The highest BCUT2D eigenvalue weighted by Crippen LogP contribution is 2.21. The van der Waals surface area contributed by atoms with Crippen molar-refractivity contribution >= 4 is 11.7 Å². The first-order valence-electron chi connectivity index (χ1n) is 6.54. The molecule has 19 heavy (non-hydrogen) atoms. The van der Waals surface area contributed by atoms with Gasteiger partial charge in [-0.15, -0.1) is 0 Å². The number of carbonyl (C=O) groups excluding carboxylic acids is 2. The minimum Gasteiger partial charge on any atom is -0.509 e. The fraction of sp³-hybridized carbons (Fsp3) is 0.571. The van der Waals surface area contributed by atoms with Crippen molar-refractivity contribution in [1.82, 2.24) is 5.32 Å². The molecule has 1 aliphatic heterocycles. The van der Waals surface area contributed by atoms with E-state index < -0.39 is 29.7 Å². The normalized spacial score (nSPS) is 21.0. The number of Topliss-reactive ketones (excluding diaryl/α,β-unsaturated/α-hetero) is 1. The van der Waals surface area contributed by atoms with E-state index in [1.165, 1.54) is 13.0 Å². The number of amides is 1. The molecule has 0 saturated carbocycles. The average molecular weight is 269 g/mol. The molecule has 0 aromatic rings. The maximum absolute atomic E-state index is 13.9. The molecule has 0 aliphatic carbocycles. The molecule has 0 saturated heterocycles. The summed E-state index contributed by atoms with van der Waals surface area (Å²) < 4.78 is 13.9. The van der Waals surface area contributed by atoms with Crippen LogP contribution in [0.3, 0.4) is 0 Å². The number of aliphatic hydroxyl groups is 1. The molecule has 2 N–H and O–H groups in total. The first-order chi connectivity index (χ1) is 8.99. The number of halogens is 1. The van der Waals surface area contributed by atoms with Crippen molar-refractivity contribution in [2.24, 2.45) is 0 Å². The molecule has 1 heterocycles. The summed E-state index contributed by atoms with van der Waals surface area (Å²) in [6.45, 7) is 3.25.